The summed E-state index contributed by atoms with van der Waals surface area (Å²) in [7, 11) is -3.43. The predicted octanol–water partition coefficient (Wildman–Crippen LogP) is 2.05. The molecule has 0 heterocycles. The Morgan fingerprint density at radius 2 is 1.89 bits per heavy atom. The Bertz CT molecular complexity index is 952. The largest absolute Gasteiger partial charge is 0.482 e. The molecule has 144 valence electrons. The Labute approximate surface area is 157 Å². The van der Waals surface area contributed by atoms with Crippen LogP contribution in [0.25, 0.3) is 0 Å². The third-order valence-corrected chi connectivity index (χ3v) is 5.00. The maximum atomic E-state index is 12.4. The van der Waals surface area contributed by atoms with Gasteiger partial charge in [-0.3, -0.25) is 4.79 Å². The van der Waals surface area contributed by atoms with Crippen LogP contribution in [0.5, 0.6) is 5.75 Å². The van der Waals surface area contributed by atoms with Gasteiger partial charge in [0.05, 0.1) is 4.90 Å². The molecule has 2 aromatic carbocycles. The summed E-state index contributed by atoms with van der Waals surface area (Å²) >= 11 is 0. The number of carboxylic acid groups (broad SMARTS) is 1. The first-order valence-corrected chi connectivity index (χ1v) is 10.1. The van der Waals surface area contributed by atoms with E-state index < -0.39 is 28.3 Å². The van der Waals surface area contributed by atoms with Gasteiger partial charge in [0.2, 0.25) is 0 Å². The molecule has 27 heavy (non-hydrogen) atoms. The number of carbonyl (C=O) groups is 2. The molecule has 0 saturated carbocycles. The highest BCUT2D eigenvalue weighted by Gasteiger charge is 2.16. The number of sulfone groups is 1. The molecule has 2 N–H and O–H groups in total. The van der Waals surface area contributed by atoms with E-state index in [1.165, 1.54) is 6.07 Å². The van der Waals surface area contributed by atoms with Gasteiger partial charge in [0.25, 0.3) is 5.91 Å². The quantitative estimate of drug-likeness (QED) is 0.713. The van der Waals surface area contributed by atoms with Crippen molar-refractivity contribution in [1.29, 1.82) is 0 Å². The molecule has 0 unspecified atom stereocenters. The lowest BCUT2D eigenvalue weighted by atomic mass is 10.1. The number of carbonyl (C=O) groups excluding carboxylic acids is 1. The first-order chi connectivity index (χ1) is 12.7. The summed E-state index contributed by atoms with van der Waals surface area (Å²) in [6, 6.07) is 11.3. The number of carboxylic acids is 1. The summed E-state index contributed by atoms with van der Waals surface area (Å²) in [5.74, 6) is -1.10. The van der Waals surface area contributed by atoms with Crippen molar-refractivity contribution in [1.82, 2.24) is 5.32 Å². The Morgan fingerprint density at radius 3 is 2.52 bits per heavy atom. The average molecular weight is 391 g/mol. The lowest BCUT2D eigenvalue weighted by molar-refractivity contribution is -0.139. The molecular formula is C19H21NO6S. The zero-order valence-corrected chi connectivity index (χ0v) is 15.9. The standard InChI is InChI=1S/C19H21NO6S/c1-3-14-7-8-15(10-17(14)27(2,24)25)19(23)20-11-13-5-4-6-16(9-13)26-12-18(21)22/h4-10H,3,11-12H2,1-2H3,(H,20,23)(H,21,22). The van der Waals surface area contributed by atoms with Crippen molar-refractivity contribution >= 4 is 21.7 Å². The van der Waals surface area contributed by atoms with E-state index in [2.05, 4.69) is 5.32 Å². The molecule has 8 heteroatoms. The minimum absolute atomic E-state index is 0.154. The van der Waals surface area contributed by atoms with Gasteiger partial charge in [0.15, 0.2) is 16.4 Å². The van der Waals surface area contributed by atoms with Gasteiger partial charge in [-0.15, -0.1) is 0 Å². The van der Waals surface area contributed by atoms with Crippen molar-refractivity contribution in [2.75, 3.05) is 12.9 Å². The molecule has 0 saturated heterocycles. The van der Waals surface area contributed by atoms with E-state index in [1.54, 1.807) is 36.4 Å². The van der Waals surface area contributed by atoms with Crippen LogP contribution in [0.15, 0.2) is 47.4 Å². The number of amides is 1. The SMILES string of the molecule is CCc1ccc(C(=O)NCc2cccc(OCC(=O)O)c2)cc1S(C)(=O)=O. The maximum Gasteiger partial charge on any atom is 0.341 e. The Hall–Kier alpha value is -2.87. The second-order valence-electron chi connectivity index (χ2n) is 5.96. The highest BCUT2D eigenvalue weighted by Crippen LogP contribution is 2.19. The van der Waals surface area contributed by atoms with Gasteiger partial charge in [-0.2, -0.15) is 0 Å². The molecule has 1 amide bonds. The highest BCUT2D eigenvalue weighted by molar-refractivity contribution is 7.90. The number of benzene rings is 2. The fraction of sp³-hybridized carbons (Fsp3) is 0.263. The predicted molar refractivity (Wildman–Crippen MR) is 99.7 cm³/mol. The highest BCUT2D eigenvalue weighted by atomic mass is 32.2. The lowest BCUT2D eigenvalue weighted by Crippen LogP contribution is -2.23. The van der Waals surface area contributed by atoms with Crippen molar-refractivity contribution < 1.29 is 27.9 Å². The zero-order chi connectivity index (χ0) is 20.0. The maximum absolute atomic E-state index is 12.4. The Morgan fingerprint density at radius 1 is 1.15 bits per heavy atom. The van der Waals surface area contributed by atoms with E-state index in [0.29, 0.717) is 17.7 Å². The zero-order valence-electron chi connectivity index (χ0n) is 15.1. The summed E-state index contributed by atoms with van der Waals surface area (Å²) in [6.45, 7) is 1.59. The molecule has 0 fully saturated rings. The first-order valence-electron chi connectivity index (χ1n) is 8.25. The molecule has 0 bridgehead atoms. The molecular weight excluding hydrogens is 370 g/mol. The number of hydrogen-bond donors (Lipinski definition) is 2. The third-order valence-electron chi connectivity index (χ3n) is 3.82. The summed E-state index contributed by atoms with van der Waals surface area (Å²) in [5.41, 5.74) is 1.64. The van der Waals surface area contributed by atoms with Crippen LogP contribution in [-0.2, 0) is 27.6 Å². The smallest absolute Gasteiger partial charge is 0.341 e. The third kappa shape index (κ3) is 5.82. The fourth-order valence-electron chi connectivity index (χ4n) is 2.51. The van der Waals surface area contributed by atoms with E-state index in [1.807, 2.05) is 6.92 Å². The minimum Gasteiger partial charge on any atom is -0.482 e. The number of aryl methyl sites for hydroxylation is 1. The van der Waals surface area contributed by atoms with E-state index in [0.717, 1.165) is 11.8 Å². The van der Waals surface area contributed by atoms with Gasteiger partial charge in [-0.25, -0.2) is 13.2 Å². The summed E-state index contributed by atoms with van der Waals surface area (Å²) < 4.78 is 29.0. The van der Waals surface area contributed by atoms with Gasteiger partial charge >= 0.3 is 5.97 Å². The van der Waals surface area contributed by atoms with E-state index in [-0.39, 0.29) is 17.0 Å². The van der Waals surface area contributed by atoms with Crippen LogP contribution in [0.2, 0.25) is 0 Å². The van der Waals surface area contributed by atoms with E-state index in [9.17, 15) is 18.0 Å². The van der Waals surface area contributed by atoms with Gasteiger partial charge in [-0.1, -0.05) is 25.1 Å². The van der Waals surface area contributed by atoms with Crippen LogP contribution in [0.1, 0.15) is 28.4 Å². The summed E-state index contributed by atoms with van der Waals surface area (Å²) in [4.78, 5) is 23.1. The van der Waals surface area contributed by atoms with Gasteiger partial charge in [0, 0.05) is 18.4 Å². The molecule has 2 aromatic rings. The number of rotatable bonds is 8. The molecule has 0 atom stereocenters. The summed E-state index contributed by atoms with van der Waals surface area (Å²) in [5, 5.41) is 11.4. The van der Waals surface area contributed by atoms with Crippen molar-refractivity contribution in [2.24, 2.45) is 0 Å². The average Bonchev–Trinajstić information content (AvgIpc) is 2.63. The van der Waals surface area contributed by atoms with Crippen molar-refractivity contribution in [2.45, 2.75) is 24.8 Å². The second kappa shape index (κ2) is 8.68. The molecule has 0 aliphatic rings. The lowest BCUT2D eigenvalue weighted by Gasteiger charge is -2.10. The number of hydrogen-bond acceptors (Lipinski definition) is 5. The van der Waals surface area contributed by atoms with Gasteiger partial charge in [0.1, 0.15) is 5.75 Å². The Kier molecular flexibility index (Phi) is 6.57. The molecule has 0 aromatic heterocycles. The van der Waals surface area contributed by atoms with Crippen LogP contribution in [-0.4, -0.2) is 38.3 Å². The van der Waals surface area contributed by atoms with Crippen LogP contribution < -0.4 is 10.1 Å². The first kappa shape index (κ1) is 20.4. The van der Waals surface area contributed by atoms with Crippen LogP contribution >= 0.6 is 0 Å². The monoisotopic (exact) mass is 391 g/mol. The van der Waals surface area contributed by atoms with Crippen molar-refractivity contribution in [3.8, 4) is 5.75 Å². The molecule has 0 aliphatic carbocycles. The molecule has 0 radical (unpaired) electrons. The molecule has 0 aliphatic heterocycles. The fourth-order valence-corrected chi connectivity index (χ4v) is 3.54. The number of ether oxygens (including phenoxy) is 1. The minimum atomic E-state index is -3.43. The van der Waals surface area contributed by atoms with Crippen LogP contribution in [0.3, 0.4) is 0 Å². The normalized spacial score (nSPS) is 11.0. The topological polar surface area (TPSA) is 110 Å². The molecule has 7 nitrogen and oxygen atoms in total. The van der Waals surface area contributed by atoms with Crippen molar-refractivity contribution in [3.63, 3.8) is 0 Å². The van der Waals surface area contributed by atoms with Gasteiger partial charge in [-0.05, 0) is 41.8 Å². The van der Waals surface area contributed by atoms with Crippen LogP contribution in [0, 0.1) is 0 Å². The molecule has 0 spiro atoms. The van der Waals surface area contributed by atoms with Gasteiger partial charge < -0.3 is 15.2 Å². The van der Waals surface area contributed by atoms with E-state index >= 15 is 0 Å². The number of nitrogens with one attached hydrogen (secondary N) is 1. The van der Waals surface area contributed by atoms with Crippen LogP contribution in [0.4, 0.5) is 0 Å². The summed E-state index contributed by atoms with van der Waals surface area (Å²) in [6.07, 6.45) is 1.67. The molecule has 2 rings (SSSR count). The van der Waals surface area contributed by atoms with Crippen molar-refractivity contribution in [3.05, 3.63) is 59.2 Å². The Balaban J connectivity index is 2.10. The van der Waals surface area contributed by atoms with E-state index in [4.69, 9.17) is 9.84 Å². The number of aliphatic carboxylic acids is 1. The second-order valence-corrected chi connectivity index (χ2v) is 7.94.